The summed E-state index contributed by atoms with van der Waals surface area (Å²) in [5, 5.41) is 5.10. The second-order valence-corrected chi connectivity index (χ2v) is 18.2. The smallest absolute Gasteiger partial charge is 0.161 e. The lowest BCUT2D eigenvalue weighted by molar-refractivity contribution is -0.120. The van der Waals surface area contributed by atoms with Crippen LogP contribution in [0.25, 0.3) is 0 Å². The van der Waals surface area contributed by atoms with Gasteiger partial charge in [-0.25, -0.2) is 5.10 Å². The molecule has 2 aliphatic rings. The van der Waals surface area contributed by atoms with Crippen molar-refractivity contribution in [3.63, 3.8) is 0 Å². The fourth-order valence-corrected chi connectivity index (χ4v) is 14.9. The van der Waals surface area contributed by atoms with Crippen LogP contribution >= 0.6 is 0 Å². The van der Waals surface area contributed by atoms with E-state index < -0.39 is 16.5 Å². The summed E-state index contributed by atoms with van der Waals surface area (Å²) >= 11 is 0. The molecule has 1 aliphatic heterocycles. The quantitative estimate of drug-likeness (QED) is 0.679. The van der Waals surface area contributed by atoms with Gasteiger partial charge in [-0.05, 0) is 23.9 Å². The van der Waals surface area contributed by atoms with E-state index in [0.29, 0.717) is 18.6 Å². The predicted octanol–water partition coefficient (Wildman–Crippen LogP) is 4.24. The number of Topliss-reactive ketones (excluding diaryl/α,β-unsaturated/α-hetero) is 1. The van der Waals surface area contributed by atoms with Crippen LogP contribution in [0.3, 0.4) is 0 Å². The van der Waals surface area contributed by atoms with Crippen LogP contribution in [0.2, 0.25) is 38.3 Å². The summed E-state index contributed by atoms with van der Waals surface area (Å²) in [5.41, 5.74) is 1.25. The number of ketones is 1. The molecule has 0 bridgehead atoms. The highest BCUT2D eigenvalue weighted by atomic mass is 28.4. The van der Waals surface area contributed by atoms with Gasteiger partial charge in [-0.3, -0.25) is 4.79 Å². The summed E-state index contributed by atoms with van der Waals surface area (Å²) in [6.45, 7) is 14.2. The highest BCUT2D eigenvalue weighted by molar-refractivity contribution is 6.91. The predicted molar refractivity (Wildman–Crippen MR) is 91.1 cm³/mol. The normalized spacial score (nSPS) is 30.6. The third-order valence-electron chi connectivity index (χ3n) is 4.72. The van der Waals surface area contributed by atoms with Crippen LogP contribution in [0.4, 0.5) is 0 Å². The molecule has 1 aliphatic carbocycles. The number of carbonyl (C=O) groups is 1. The van der Waals surface area contributed by atoms with E-state index in [1.165, 1.54) is 18.5 Å². The molecular formula is C15H30N2OSi2. The lowest BCUT2D eigenvalue weighted by atomic mass is 9.76. The maximum absolute atomic E-state index is 12.0. The van der Waals surface area contributed by atoms with Crippen LogP contribution < -0.4 is 0 Å². The second-order valence-electron chi connectivity index (χ2n) is 8.69. The molecule has 0 aromatic rings. The molecule has 0 amide bonds. The topological polar surface area (TPSA) is 32.7 Å². The standard InChI is InChI=1S/C15H30N2OSi2/c1-15(2)11-13(10-14(18)12-15)16-17-19(3,4)8-7-9-20(17,5)6/h7-12H2,1-6H3. The zero-order valence-electron chi connectivity index (χ0n) is 14.0. The maximum atomic E-state index is 12.0. The molecule has 3 nitrogen and oxygen atoms in total. The van der Waals surface area contributed by atoms with Gasteiger partial charge in [0.05, 0.1) is 0 Å². The van der Waals surface area contributed by atoms with Crippen LogP contribution in [0, 0.1) is 5.41 Å². The molecule has 0 aromatic heterocycles. The number of nitrogens with zero attached hydrogens (tertiary/aromatic N) is 2. The summed E-state index contributed by atoms with van der Waals surface area (Å²) in [6.07, 6.45) is 3.68. The van der Waals surface area contributed by atoms with Gasteiger partial charge in [-0.15, -0.1) is 0 Å². The Morgan fingerprint density at radius 3 is 2.10 bits per heavy atom. The number of carbonyl (C=O) groups excluding carboxylic acids is 1. The zero-order chi connectivity index (χ0) is 15.2. The molecule has 0 aromatic carbocycles. The lowest BCUT2D eigenvalue weighted by Crippen LogP contribution is -2.62. The van der Waals surface area contributed by atoms with E-state index in [1.807, 2.05) is 0 Å². The van der Waals surface area contributed by atoms with Crippen LogP contribution in [0.1, 0.15) is 39.5 Å². The van der Waals surface area contributed by atoms with Gasteiger partial charge in [-0.2, -0.15) is 0 Å². The average Bonchev–Trinajstić information content (AvgIpc) is 2.20. The van der Waals surface area contributed by atoms with Crippen molar-refractivity contribution in [2.75, 3.05) is 0 Å². The van der Waals surface area contributed by atoms with Gasteiger partial charge in [0.1, 0.15) is 5.78 Å². The number of hydrazone groups is 1. The van der Waals surface area contributed by atoms with Gasteiger partial charge >= 0.3 is 0 Å². The zero-order valence-corrected chi connectivity index (χ0v) is 16.0. The van der Waals surface area contributed by atoms with Crippen molar-refractivity contribution in [1.29, 1.82) is 0 Å². The van der Waals surface area contributed by atoms with E-state index in [0.717, 1.165) is 12.1 Å². The van der Waals surface area contributed by atoms with Gasteiger partial charge in [0, 0.05) is 18.6 Å². The van der Waals surface area contributed by atoms with E-state index in [2.05, 4.69) is 44.4 Å². The Hall–Kier alpha value is -0.426. The maximum Gasteiger partial charge on any atom is 0.161 e. The van der Waals surface area contributed by atoms with Crippen LogP contribution in [0.5, 0.6) is 0 Å². The van der Waals surface area contributed by atoms with Crippen molar-refractivity contribution in [1.82, 2.24) is 4.34 Å². The fourth-order valence-electron chi connectivity index (χ4n) is 3.97. The first-order valence-electron chi connectivity index (χ1n) is 7.90. The first-order valence-corrected chi connectivity index (χ1v) is 14.2. The minimum atomic E-state index is -1.41. The van der Waals surface area contributed by atoms with Crippen molar-refractivity contribution in [3.05, 3.63) is 0 Å². The Morgan fingerprint density at radius 1 is 1.05 bits per heavy atom. The molecule has 0 spiro atoms. The summed E-state index contributed by atoms with van der Waals surface area (Å²) in [6, 6.07) is 2.69. The molecule has 1 saturated heterocycles. The second kappa shape index (κ2) is 5.09. The van der Waals surface area contributed by atoms with Gasteiger partial charge in [0.2, 0.25) is 0 Å². The summed E-state index contributed by atoms with van der Waals surface area (Å²) in [5.74, 6) is 0.371. The fraction of sp³-hybridized carbons (Fsp3) is 0.867. The minimum Gasteiger partial charge on any atom is -0.349 e. The van der Waals surface area contributed by atoms with Gasteiger partial charge in [-0.1, -0.05) is 46.5 Å². The number of hydrogen-bond acceptors (Lipinski definition) is 3. The molecule has 0 radical (unpaired) electrons. The highest BCUT2D eigenvalue weighted by Crippen LogP contribution is 2.37. The molecule has 0 unspecified atom stereocenters. The van der Waals surface area contributed by atoms with Crippen LogP contribution in [0.15, 0.2) is 5.10 Å². The third-order valence-corrected chi connectivity index (χ3v) is 14.0. The average molecular weight is 311 g/mol. The molecule has 2 rings (SSSR count). The van der Waals surface area contributed by atoms with Crippen molar-refractivity contribution in [3.8, 4) is 0 Å². The molecule has 1 heterocycles. The Balaban J connectivity index is 2.29. The molecule has 5 heteroatoms. The molecule has 0 atom stereocenters. The minimum absolute atomic E-state index is 0.0986. The van der Waals surface area contributed by atoms with E-state index in [-0.39, 0.29) is 5.41 Å². The van der Waals surface area contributed by atoms with E-state index in [9.17, 15) is 4.79 Å². The first-order chi connectivity index (χ1) is 9.02. The van der Waals surface area contributed by atoms with E-state index >= 15 is 0 Å². The highest BCUT2D eigenvalue weighted by Gasteiger charge is 2.44. The van der Waals surface area contributed by atoms with Crippen molar-refractivity contribution in [2.24, 2.45) is 10.5 Å². The van der Waals surface area contributed by atoms with Gasteiger partial charge in [0.25, 0.3) is 0 Å². The Kier molecular flexibility index (Phi) is 4.06. The molecule has 2 fully saturated rings. The first kappa shape index (κ1) is 16.0. The van der Waals surface area contributed by atoms with Crippen molar-refractivity contribution in [2.45, 2.75) is 77.8 Å². The Bertz CT molecular complexity index is 425. The van der Waals surface area contributed by atoms with Crippen molar-refractivity contribution >= 4 is 28.0 Å². The SMILES string of the molecule is CC1(C)CC(=O)CC(=NN2[Si](C)(C)CCC[Si]2(C)C)C1. The monoisotopic (exact) mass is 310 g/mol. The summed E-state index contributed by atoms with van der Waals surface area (Å²) < 4.78 is 2.56. The third kappa shape index (κ3) is 3.42. The van der Waals surface area contributed by atoms with E-state index in [1.54, 1.807) is 0 Å². The van der Waals surface area contributed by atoms with E-state index in [4.69, 9.17) is 5.10 Å². The number of rotatable bonds is 1. The summed E-state index contributed by atoms with van der Waals surface area (Å²) in [4.78, 5) is 12.0. The van der Waals surface area contributed by atoms with Gasteiger partial charge < -0.3 is 4.34 Å². The Labute approximate surface area is 126 Å². The lowest BCUT2D eigenvalue weighted by Gasteiger charge is -2.50. The van der Waals surface area contributed by atoms with Gasteiger partial charge in [0.15, 0.2) is 16.5 Å². The molecule has 1 saturated carbocycles. The van der Waals surface area contributed by atoms with Crippen LogP contribution in [-0.4, -0.2) is 32.3 Å². The molecule has 0 N–H and O–H groups in total. The van der Waals surface area contributed by atoms with Crippen LogP contribution in [-0.2, 0) is 4.79 Å². The molecular weight excluding hydrogens is 280 g/mol. The largest absolute Gasteiger partial charge is 0.349 e. The summed E-state index contributed by atoms with van der Waals surface area (Å²) in [7, 11) is -2.82. The number of hydrogen-bond donors (Lipinski definition) is 0. The van der Waals surface area contributed by atoms with Crippen molar-refractivity contribution < 1.29 is 4.79 Å². The molecule has 20 heavy (non-hydrogen) atoms. The molecule has 114 valence electrons. The Morgan fingerprint density at radius 2 is 1.60 bits per heavy atom.